The van der Waals surface area contributed by atoms with E-state index in [9.17, 15) is 4.79 Å². The number of anilines is 1. The average molecular weight is 257 g/mol. The Morgan fingerprint density at radius 3 is 3.05 bits per heavy atom. The normalized spacial score (nSPS) is 18.4. The lowest BCUT2D eigenvalue weighted by Crippen LogP contribution is -2.35. The molecule has 0 spiro atoms. The molecule has 0 bridgehead atoms. The Bertz CT molecular complexity index is 543. The SMILES string of the molecule is O=C(Nc1ccc(-n2cccn2)nc1)C1CCCN1. The largest absolute Gasteiger partial charge is 0.323 e. The van der Waals surface area contributed by atoms with E-state index in [2.05, 4.69) is 20.7 Å². The topological polar surface area (TPSA) is 71.8 Å². The molecule has 3 heterocycles. The highest BCUT2D eigenvalue weighted by Gasteiger charge is 2.21. The molecule has 1 unspecified atom stereocenters. The van der Waals surface area contributed by atoms with Crippen molar-refractivity contribution < 1.29 is 4.79 Å². The Morgan fingerprint density at radius 1 is 1.47 bits per heavy atom. The van der Waals surface area contributed by atoms with Gasteiger partial charge in [-0.05, 0) is 37.6 Å². The number of aromatic nitrogens is 3. The van der Waals surface area contributed by atoms with Crippen LogP contribution in [0.3, 0.4) is 0 Å². The highest BCUT2D eigenvalue weighted by molar-refractivity contribution is 5.94. The Kier molecular flexibility index (Phi) is 3.24. The van der Waals surface area contributed by atoms with Gasteiger partial charge in [0.1, 0.15) is 0 Å². The van der Waals surface area contributed by atoms with Crippen molar-refractivity contribution in [1.82, 2.24) is 20.1 Å². The molecule has 0 aliphatic carbocycles. The second kappa shape index (κ2) is 5.19. The van der Waals surface area contributed by atoms with E-state index < -0.39 is 0 Å². The molecule has 2 aromatic rings. The van der Waals surface area contributed by atoms with Crippen molar-refractivity contribution in [3.8, 4) is 5.82 Å². The summed E-state index contributed by atoms with van der Waals surface area (Å²) >= 11 is 0. The second-order valence-electron chi connectivity index (χ2n) is 4.49. The molecule has 1 saturated heterocycles. The van der Waals surface area contributed by atoms with Crippen molar-refractivity contribution in [3.05, 3.63) is 36.8 Å². The predicted molar refractivity (Wildman–Crippen MR) is 71.0 cm³/mol. The van der Waals surface area contributed by atoms with Gasteiger partial charge in [0, 0.05) is 12.4 Å². The third kappa shape index (κ3) is 2.63. The van der Waals surface area contributed by atoms with Crippen molar-refractivity contribution >= 4 is 11.6 Å². The fraction of sp³-hybridized carbons (Fsp3) is 0.308. The zero-order valence-electron chi connectivity index (χ0n) is 10.4. The van der Waals surface area contributed by atoms with Gasteiger partial charge in [-0.15, -0.1) is 0 Å². The summed E-state index contributed by atoms with van der Waals surface area (Å²) in [4.78, 5) is 16.2. The predicted octanol–water partition coefficient (Wildman–Crippen LogP) is 0.958. The van der Waals surface area contributed by atoms with Gasteiger partial charge in [-0.2, -0.15) is 5.10 Å². The maximum Gasteiger partial charge on any atom is 0.241 e. The fourth-order valence-corrected chi connectivity index (χ4v) is 2.14. The maximum atomic E-state index is 11.9. The van der Waals surface area contributed by atoms with Crippen LogP contribution in [-0.4, -0.2) is 33.3 Å². The Labute approximate surface area is 110 Å². The zero-order chi connectivity index (χ0) is 13.1. The van der Waals surface area contributed by atoms with Gasteiger partial charge in [0.25, 0.3) is 0 Å². The van der Waals surface area contributed by atoms with Crippen molar-refractivity contribution in [3.63, 3.8) is 0 Å². The van der Waals surface area contributed by atoms with Crippen molar-refractivity contribution in [2.24, 2.45) is 0 Å². The summed E-state index contributed by atoms with van der Waals surface area (Å²) in [6.07, 6.45) is 7.11. The van der Waals surface area contributed by atoms with Crippen molar-refractivity contribution in [2.75, 3.05) is 11.9 Å². The first-order valence-corrected chi connectivity index (χ1v) is 6.33. The molecule has 1 fully saturated rings. The minimum Gasteiger partial charge on any atom is -0.323 e. The van der Waals surface area contributed by atoms with Gasteiger partial charge < -0.3 is 10.6 Å². The number of amides is 1. The van der Waals surface area contributed by atoms with Gasteiger partial charge in [0.15, 0.2) is 5.82 Å². The number of nitrogens with one attached hydrogen (secondary N) is 2. The molecular formula is C13H15N5O. The van der Waals surface area contributed by atoms with Crippen LogP contribution in [0.25, 0.3) is 5.82 Å². The lowest BCUT2D eigenvalue weighted by atomic mass is 10.2. The van der Waals surface area contributed by atoms with Crippen molar-refractivity contribution in [2.45, 2.75) is 18.9 Å². The van der Waals surface area contributed by atoms with Gasteiger partial charge in [0.2, 0.25) is 5.91 Å². The molecule has 6 heteroatoms. The summed E-state index contributed by atoms with van der Waals surface area (Å²) in [6.45, 7) is 0.911. The second-order valence-corrected chi connectivity index (χ2v) is 4.49. The first-order chi connectivity index (χ1) is 9.33. The summed E-state index contributed by atoms with van der Waals surface area (Å²) in [7, 11) is 0. The molecule has 1 aliphatic rings. The van der Waals surface area contributed by atoms with Gasteiger partial charge in [-0.3, -0.25) is 4.79 Å². The third-order valence-corrected chi connectivity index (χ3v) is 3.13. The summed E-state index contributed by atoms with van der Waals surface area (Å²) in [5.41, 5.74) is 0.703. The number of hydrogen-bond donors (Lipinski definition) is 2. The van der Waals surface area contributed by atoms with Crippen LogP contribution in [0.1, 0.15) is 12.8 Å². The lowest BCUT2D eigenvalue weighted by Gasteiger charge is -2.11. The van der Waals surface area contributed by atoms with Crippen LogP contribution in [-0.2, 0) is 4.79 Å². The molecule has 2 aromatic heterocycles. The van der Waals surface area contributed by atoms with E-state index in [0.717, 1.165) is 25.2 Å². The quantitative estimate of drug-likeness (QED) is 0.859. The van der Waals surface area contributed by atoms with Gasteiger partial charge in [0.05, 0.1) is 17.9 Å². The average Bonchev–Trinajstić information content (AvgIpc) is 3.13. The van der Waals surface area contributed by atoms with E-state index in [1.54, 1.807) is 17.1 Å². The summed E-state index contributed by atoms with van der Waals surface area (Å²) in [6, 6.07) is 5.41. The first kappa shape index (κ1) is 11.9. The fourth-order valence-electron chi connectivity index (χ4n) is 2.14. The molecule has 98 valence electrons. The van der Waals surface area contributed by atoms with E-state index in [1.165, 1.54) is 0 Å². The Morgan fingerprint density at radius 2 is 2.42 bits per heavy atom. The molecule has 2 N–H and O–H groups in total. The Hall–Kier alpha value is -2.21. The molecule has 19 heavy (non-hydrogen) atoms. The summed E-state index contributed by atoms with van der Waals surface area (Å²) < 4.78 is 1.67. The number of pyridine rings is 1. The van der Waals surface area contributed by atoms with Crippen LogP contribution in [0, 0.1) is 0 Å². The van der Waals surface area contributed by atoms with E-state index in [0.29, 0.717) is 5.69 Å². The minimum absolute atomic E-state index is 0.00568. The summed E-state index contributed by atoms with van der Waals surface area (Å²) in [5, 5.41) is 10.1. The standard InChI is InChI=1S/C13H15N5O/c19-13(11-3-1-6-14-11)17-10-4-5-12(15-9-10)18-8-2-7-16-18/h2,4-5,7-9,11,14H,1,3,6H2,(H,17,19). The molecule has 1 amide bonds. The third-order valence-electron chi connectivity index (χ3n) is 3.13. The number of hydrogen-bond acceptors (Lipinski definition) is 4. The molecule has 0 aromatic carbocycles. The number of carbonyl (C=O) groups excluding carboxylic acids is 1. The number of rotatable bonds is 3. The van der Waals surface area contributed by atoms with E-state index in [-0.39, 0.29) is 11.9 Å². The van der Waals surface area contributed by atoms with Crippen LogP contribution in [0.15, 0.2) is 36.8 Å². The molecule has 6 nitrogen and oxygen atoms in total. The molecule has 3 rings (SSSR count). The van der Waals surface area contributed by atoms with E-state index >= 15 is 0 Å². The van der Waals surface area contributed by atoms with Crippen LogP contribution in [0.2, 0.25) is 0 Å². The maximum absolute atomic E-state index is 11.9. The molecule has 0 saturated carbocycles. The first-order valence-electron chi connectivity index (χ1n) is 6.33. The van der Waals surface area contributed by atoms with E-state index in [1.807, 2.05) is 24.4 Å². The monoisotopic (exact) mass is 257 g/mol. The van der Waals surface area contributed by atoms with Gasteiger partial charge in [-0.25, -0.2) is 9.67 Å². The Balaban J connectivity index is 1.67. The van der Waals surface area contributed by atoms with Crippen molar-refractivity contribution in [1.29, 1.82) is 0 Å². The van der Waals surface area contributed by atoms with Crippen LogP contribution in [0.4, 0.5) is 5.69 Å². The number of nitrogens with zero attached hydrogens (tertiary/aromatic N) is 3. The highest BCUT2D eigenvalue weighted by atomic mass is 16.2. The molecular weight excluding hydrogens is 242 g/mol. The smallest absolute Gasteiger partial charge is 0.241 e. The van der Waals surface area contributed by atoms with Crippen LogP contribution in [0.5, 0.6) is 0 Å². The van der Waals surface area contributed by atoms with Crippen LogP contribution >= 0.6 is 0 Å². The lowest BCUT2D eigenvalue weighted by molar-refractivity contribution is -0.117. The summed E-state index contributed by atoms with van der Waals surface area (Å²) in [5.74, 6) is 0.730. The molecule has 0 radical (unpaired) electrons. The zero-order valence-corrected chi connectivity index (χ0v) is 10.4. The van der Waals surface area contributed by atoms with Crippen LogP contribution < -0.4 is 10.6 Å². The molecule has 1 aliphatic heterocycles. The van der Waals surface area contributed by atoms with E-state index in [4.69, 9.17) is 0 Å². The van der Waals surface area contributed by atoms with Gasteiger partial charge in [-0.1, -0.05) is 0 Å². The van der Waals surface area contributed by atoms with Gasteiger partial charge >= 0.3 is 0 Å². The molecule has 1 atom stereocenters. The minimum atomic E-state index is -0.0780. The number of carbonyl (C=O) groups is 1. The highest BCUT2D eigenvalue weighted by Crippen LogP contribution is 2.12.